The zero-order valence-corrected chi connectivity index (χ0v) is 29.9. The van der Waals surface area contributed by atoms with Gasteiger partial charge in [-0.2, -0.15) is 0 Å². The minimum atomic E-state index is 0.883. The summed E-state index contributed by atoms with van der Waals surface area (Å²) in [6.07, 6.45) is 0. The third-order valence-corrected chi connectivity index (χ3v) is 11.0. The van der Waals surface area contributed by atoms with E-state index >= 15 is 0 Å². The van der Waals surface area contributed by atoms with Crippen molar-refractivity contribution >= 4 is 71.6 Å². The summed E-state index contributed by atoms with van der Waals surface area (Å²) in [6.45, 7) is 0. The largest absolute Gasteiger partial charge is 0.456 e. The molecule has 9 aromatic carbocycles. The highest BCUT2D eigenvalue weighted by molar-refractivity contribution is 6.14. The smallest absolute Gasteiger partial charge is 0.136 e. The van der Waals surface area contributed by atoms with E-state index in [9.17, 15) is 0 Å². The van der Waals surface area contributed by atoms with Crippen molar-refractivity contribution in [3.63, 3.8) is 0 Å². The van der Waals surface area contributed by atoms with Crippen molar-refractivity contribution in [3.05, 3.63) is 206 Å². The van der Waals surface area contributed by atoms with Crippen LogP contribution in [0.5, 0.6) is 0 Å². The second kappa shape index (κ2) is 12.6. The van der Waals surface area contributed by atoms with Gasteiger partial charge in [-0.15, -0.1) is 0 Å². The van der Waals surface area contributed by atoms with E-state index < -0.39 is 0 Å². The number of para-hydroxylation sites is 4. The minimum absolute atomic E-state index is 0.883. The molecular weight excluding hydrogens is 669 g/mol. The summed E-state index contributed by atoms with van der Waals surface area (Å²) >= 11 is 0. The highest BCUT2D eigenvalue weighted by Gasteiger charge is 2.22. The fraction of sp³-hybridized carbons (Fsp3) is 0. The lowest BCUT2D eigenvalue weighted by atomic mass is 9.96. The van der Waals surface area contributed by atoms with E-state index in [0.717, 1.165) is 61.3 Å². The van der Waals surface area contributed by atoms with Gasteiger partial charge in [-0.1, -0.05) is 146 Å². The lowest BCUT2D eigenvalue weighted by Gasteiger charge is -2.28. The maximum atomic E-state index is 6.39. The number of hydrogen-bond donors (Lipinski definition) is 0. The molecule has 0 saturated carbocycles. The standard InChI is InChI=1S/C52H34N2O/c1-2-16-37(17-3-1)54-48-25-10-6-19-42(48)44-33-32-39(34-49(44)54)53(38-30-28-36(29-31-38)41-22-12-15-35-14-4-5-18-40(35)41)47-24-9-7-20-43(47)45-23-13-27-51-52(45)46-21-8-11-26-50(46)55-51/h1-34H. The van der Waals surface area contributed by atoms with Gasteiger partial charge in [-0.25, -0.2) is 0 Å². The van der Waals surface area contributed by atoms with Crippen LogP contribution in [0.3, 0.4) is 0 Å². The SMILES string of the molecule is c1ccc(-n2c3ccccc3c3ccc(N(c4ccc(-c5cccc6ccccc56)cc4)c4ccccc4-c4cccc5oc6ccccc6c45)cc32)cc1. The molecule has 0 N–H and O–H groups in total. The first-order valence-corrected chi connectivity index (χ1v) is 18.8. The van der Waals surface area contributed by atoms with Crippen LogP contribution in [0.25, 0.3) is 82.5 Å². The molecule has 0 aliphatic rings. The molecule has 0 bridgehead atoms. The number of benzene rings is 9. The Kier molecular flexibility index (Phi) is 7.17. The molecule has 0 aliphatic carbocycles. The van der Waals surface area contributed by atoms with Crippen molar-refractivity contribution in [3.8, 4) is 27.9 Å². The van der Waals surface area contributed by atoms with Gasteiger partial charge < -0.3 is 13.9 Å². The van der Waals surface area contributed by atoms with Crippen LogP contribution < -0.4 is 4.90 Å². The summed E-state index contributed by atoms with van der Waals surface area (Å²) in [7, 11) is 0. The maximum Gasteiger partial charge on any atom is 0.136 e. The van der Waals surface area contributed by atoms with Gasteiger partial charge in [0.05, 0.1) is 16.7 Å². The molecule has 11 rings (SSSR count). The molecule has 0 amide bonds. The van der Waals surface area contributed by atoms with Gasteiger partial charge in [0.2, 0.25) is 0 Å². The third kappa shape index (κ3) is 5.05. The molecule has 0 radical (unpaired) electrons. The Morgan fingerprint density at radius 3 is 1.89 bits per heavy atom. The minimum Gasteiger partial charge on any atom is -0.456 e. The van der Waals surface area contributed by atoms with E-state index in [2.05, 4.69) is 210 Å². The Bertz CT molecular complexity index is 3200. The molecule has 0 aliphatic heterocycles. The van der Waals surface area contributed by atoms with E-state index in [0.29, 0.717) is 0 Å². The molecule has 0 saturated heterocycles. The van der Waals surface area contributed by atoms with E-state index in [1.54, 1.807) is 0 Å². The number of furan rings is 1. The van der Waals surface area contributed by atoms with Crippen LogP contribution in [0.4, 0.5) is 17.1 Å². The highest BCUT2D eigenvalue weighted by Crippen LogP contribution is 2.46. The van der Waals surface area contributed by atoms with Crippen LogP contribution in [0.1, 0.15) is 0 Å². The molecule has 2 aromatic heterocycles. The molecule has 2 heterocycles. The molecule has 0 spiro atoms. The molecule has 0 unspecified atom stereocenters. The second-order valence-electron chi connectivity index (χ2n) is 14.1. The number of fused-ring (bicyclic) bond motifs is 7. The van der Waals surface area contributed by atoms with Gasteiger partial charge in [0.1, 0.15) is 11.2 Å². The highest BCUT2D eigenvalue weighted by atomic mass is 16.3. The first-order valence-electron chi connectivity index (χ1n) is 18.8. The average Bonchev–Trinajstić information content (AvgIpc) is 3.80. The van der Waals surface area contributed by atoms with Crippen LogP contribution in [0, 0.1) is 0 Å². The predicted octanol–water partition coefficient (Wildman–Crippen LogP) is 14.6. The lowest BCUT2D eigenvalue weighted by Crippen LogP contribution is -2.11. The van der Waals surface area contributed by atoms with Crippen molar-refractivity contribution < 1.29 is 4.42 Å². The summed E-state index contributed by atoms with van der Waals surface area (Å²) in [5.74, 6) is 0. The normalized spacial score (nSPS) is 11.6. The van der Waals surface area contributed by atoms with Crippen LogP contribution in [0.15, 0.2) is 211 Å². The molecule has 55 heavy (non-hydrogen) atoms. The summed E-state index contributed by atoms with van der Waals surface area (Å²) in [5.41, 5.74) is 13.1. The lowest BCUT2D eigenvalue weighted by molar-refractivity contribution is 0.669. The fourth-order valence-electron chi connectivity index (χ4n) is 8.54. The average molecular weight is 703 g/mol. The van der Waals surface area contributed by atoms with Crippen molar-refractivity contribution in [1.29, 1.82) is 0 Å². The zero-order chi connectivity index (χ0) is 36.3. The summed E-state index contributed by atoms with van der Waals surface area (Å²) in [4.78, 5) is 2.41. The Balaban J connectivity index is 1.16. The van der Waals surface area contributed by atoms with Crippen LogP contribution in [0.2, 0.25) is 0 Å². The summed E-state index contributed by atoms with van der Waals surface area (Å²) in [6, 6.07) is 74.0. The van der Waals surface area contributed by atoms with Crippen LogP contribution in [-0.2, 0) is 0 Å². The van der Waals surface area contributed by atoms with Gasteiger partial charge in [-0.3, -0.25) is 0 Å². The van der Waals surface area contributed by atoms with Crippen molar-refractivity contribution in [2.75, 3.05) is 4.90 Å². The molecule has 0 fully saturated rings. The van der Waals surface area contributed by atoms with E-state index in [-0.39, 0.29) is 0 Å². The Hall–Kier alpha value is -7.36. The third-order valence-electron chi connectivity index (χ3n) is 11.0. The van der Waals surface area contributed by atoms with Crippen molar-refractivity contribution in [1.82, 2.24) is 4.57 Å². The molecule has 3 nitrogen and oxygen atoms in total. The Labute approximate surface area is 318 Å². The van der Waals surface area contributed by atoms with E-state index in [1.807, 2.05) is 6.07 Å². The number of rotatable bonds is 6. The number of hydrogen-bond acceptors (Lipinski definition) is 2. The van der Waals surface area contributed by atoms with Gasteiger partial charge in [0.25, 0.3) is 0 Å². The van der Waals surface area contributed by atoms with Gasteiger partial charge >= 0.3 is 0 Å². The molecular formula is C52H34N2O. The monoisotopic (exact) mass is 702 g/mol. The molecule has 11 aromatic rings. The number of nitrogens with zero attached hydrogens (tertiary/aromatic N) is 2. The van der Waals surface area contributed by atoms with Crippen LogP contribution in [-0.4, -0.2) is 4.57 Å². The van der Waals surface area contributed by atoms with Gasteiger partial charge in [-0.05, 0) is 88.1 Å². The van der Waals surface area contributed by atoms with E-state index in [1.165, 1.54) is 38.2 Å². The van der Waals surface area contributed by atoms with Crippen molar-refractivity contribution in [2.24, 2.45) is 0 Å². The first-order chi connectivity index (χ1) is 27.3. The van der Waals surface area contributed by atoms with Crippen molar-refractivity contribution in [2.45, 2.75) is 0 Å². The number of aromatic nitrogens is 1. The molecule has 0 atom stereocenters. The predicted molar refractivity (Wildman–Crippen MR) is 231 cm³/mol. The zero-order valence-electron chi connectivity index (χ0n) is 29.9. The second-order valence-corrected chi connectivity index (χ2v) is 14.1. The topological polar surface area (TPSA) is 21.3 Å². The quantitative estimate of drug-likeness (QED) is 0.172. The summed E-state index contributed by atoms with van der Waals surface area (Å²) < 4.78 is 8.77. The number of anilines is 3. The summed E-state index contributed by atoms with van der Waals surface area (Å²) in [5, 5.41) is 7.18. The maximum absolute atomic E-state index is 6.39. The van der Waals surface area contributed by atoms with Gasteiger partial charge in [0.15, 0.2) is 0 Å². The fourth-order valence-corrected chi connectivity index (χ4v) is 8.54. The Morgan fingerprint density at radius 2 is 1.00 bits per heavy atom. The molecule has 3 heteroatoms. The van der Waals surface area contributed by atoms with Crippen LogP contribution >= 0.6 is 0 Å². The van der Waals surface area contributed by atoms with Gasteiger partial charge in [0, 0.05) is 44.2 Å². The van der Waals surface area contributed by atoms with E-state index in [4.69, 9.17) is 4.42 Å². The molecule has 258 valence electrons. The first kappa shape index (κ1) is 31.2. The Morgan fingerprint density at radius 1 is 0.382 bits per heavy atom.